The lowest BCUT2D eigenvalue weighted by Crippen LogP contribution is -2.48. The van der Waals surface area contributed by atoms with E-state index >= 15 is 0 Å². The first-order chi connectivity index (χ1) is 8.63. The minimum atomic E-state index is 0.509. The molecule has 2 heteroatoms. The van der Waals surface area contributed by atoms with Crippen molar-refractivity contribution in [2.45, 2.75) is 64.8 Å². The molecule has 0 amide bonds. The Morgan fingerprint density at radius 3 is 2.50 bits per heavy atom. The van der Waals surface area contributed by atoms with Gasteiger partial charge in [-0.25, -0.2) is 0 Å². The van der Waals surface area contributed by atoms with Crippen molar-refractivity contribution < 1.29 is 0 Å². The summed E-state index contributed by atoms with van der Waals surface area (Å²) in [7, 11) is 2.36. The van der Waals surface area contributed by atoms with Crippen LogP contribution in [-0.2, 0) is 0 Å². The first-order valence-electron chi connectivity index (χ1n) is 8.04. The van der Waals surface area contributed by atoms with E-state index in [2.05, 4.69) is 31.1 Å². The molecule has 18 heavy (non-hydrogen) atoms. The van der Waals surface area contributed by atoms with Crippen molar-refractivity contribution in [1.82, 2.24) is 10.2 Å². The summed E-state index contributed by atoms with van der Waals surface area (Å²) in [6, 6.07) is 0.853. The summed E-state index contributed by atoms with van der Waals surface area (Å²) >= 11 is 0. The molecule has 1 aliphatic carbocycles. The Morgan fingerprint density at radius 1 is 1.22 bits per heavy atom. The summed E-state index contributed by atoms with van der Waals surface area (Å²) in [4.78, 5) is 2.67. The van der Waals surface area contributed by atoms with Crippen LogP contribution in [0.5, 0.6) is 0 Å². The molecule has 1 saturated carbocycles. The Hall–Kier alpha value is -0.0800. The lowest BCUT2D eigenvalue weighted by molar-refractivity contribution is 0.0931. The lowest BCUT2D eigenvalue weighted by Gasteiger charge is -2.42. The van der Waals surface area contributed by atoms with Crippen molar-refractivity contribution in [3.05, 3.63) is 0 Å². The van der Waals surface area contributed by atoms with E-state index in [1.807, 2.05) is 0 Å². The summed E-state index contributed by atoms with van der Waals surface area (Å²) in [6.07, 6.45) is 9.91. The van der Waals surface area contributed by atoms with Crippen molar-refractivity contribution in [3.8, 4) is 0 Å². The van der Waals surface area contributed by atoms with E-state index in [1.54, 1.807) is 0 Å². The number of nitrogens with one attached hydrogen (secondary N) is 1. The second-order valence-corrected chi connectivity index (χ2v) is 7.09. The minimum absolute atomic E-state index is 0.509. The SMILES string of the molecule is CCC1CCC(N(C)CC2(C)CCCNC2)CC1. The van der Waals surface area contributed by atoms with E-state index in [4.69, 9.17) is 0 Å². The molecule has 0 radical (unpaired) electrons. The van der Waals surface area contributed by atoms with Crippen LogP contribution in [0.3, 0.4) is 0 Å². The smallest absolute Gasteiger partial charge is 0.00926 e. The van der Waals surface area contributed by atoms with Gasteiger partial charge in [-0.1, -0.05) is 20.3 Å². The van der Waals surface area contributed by atoms with Crippen LogP contribution in [-0.4, -0.2) is 37.6 Å². The molecule has 106 valence electrons. The molecule has 0 aromatic rings. The fourth-order valence-electron chi connectivity index (χ4n) is 3.98. The van der Waals surface area contributed by atoms with Crippen LogP contribution in [0.1, 0.15) is 58.8 Å². The maximum atomic E-state index is 3.57. The van der Waals surface area contributed by atoms with Crippen LogP contribution in [0.4, 0.5) is 0 Å². The topological polar surface area (TPSA) is 15.3 Å². The second-order valence-electron chi connectivity index (χ2n) is 7.09. The normalized spacial score (nSPS) is 38.0. The molecule has 2 fully saturated rings. The van der Waals surface area contributed by atoms with Gasteiger partial charge in [-0.15, -0.1) is 0 Å². The first-order valence-corrected chi connectivity index (χ1v) is 8.04. The van der Waals surface area contributed by atoms with Crippen molar-refractivity contribution >= 4 is 0 Å². The summed E-state index contributed by atoms with van der Waals surface area (Å²) in [5.41, 5.74) is 0.509. The summed E-state index contributed by atoms with van der Waals surface area (Å²) in [6.45, 7) is 8.53. The molecular weight excluding hydrogens is 220 g/mol. The highest BCUT2D eigenvalue weighted by atomic mass is 15.1. The van der Waals surface area contributed by atoms with Crippen molar-refractivity contribution in [1.29, 1.82) is 0 Å². The number of piperidine rings is 1. The number of nitrogens with zero attached hydrogens (tertiary/aromatic N) is 1. The van der Waals surface area contributed by atoms with Gasteiger partial charge in [0.1, 0.15) is 0 Å². The monoisotopic (exact) mass is 252 g/mol. The fourth-order valence-corrected chi connectivity index (χ4v) is 3.98. The van der Waals surface area contributed by atoms with Crippen molar-refractivity contribution in [3.63, 3.8) is 0 Å². The van der Waals surface area contributed by atoms with Gasteiger partial charge < -0.3 is 10.2 Å². The average Bonchev–Trinajstić information content (AvgIpc) is 2.39. The van der Waals surface area contributed by atoms with Gasteiger partial charge in [-0.05, 0) is 63.5 Å². The fraction of sp³-hybridized carbons (Fsp3) is 1.00. The molecule has 0 aromatic carbocycles. The average molecular weight is 252 g/mol. The standard InChI is InChI=1S/C16H32N2/c1-4-14-6-8-15(9-7-14)18(3)13-16(2)10-5-11-17-12-16/h14-15,17H,4-13H2,1-3H3. The highest BCUT2D eigenvalue weighted by Gasteiger charge is 2.31. The predicted molar refractivity (Wildman–Crippen MR) is 78.9 cm³/mol. The number of hydrogen-bond donors (Lipinski definition) is 1. The van der Waals surface area contributed by atoms with Gasteiger partial charge >= 0.3 is 0 Å². The third-order valence-electron chi connectivity index (χ3n) is 5.33. The Kier molecular flexibility index (Phi) is 5.08. The molecular formula is C16H32N2. The van der Waals surface area contributed by atoms with Gasteiger partial charge in [0.05, 0.1) is 0 Å². The molecule has 2 aliphatic rings. The lowest BCUT2D eigenvalue weighted by atomic mass is 9.80. The zero-order chi connectivity index (χ0) is 13.0. The molecule has 1 heterocycles. The van der Waals surface area contributed by atoms with E-state index in [1.165, 1.54) is 64.6 Å². The quantitative estimate of drug-likeness (QED) is 0.826. The zero-order valence-corrected chi connectivity index (χ0v) is 12.7. The maximum absolute atomic E-state index is 3.57. The van der Waals surface area contributed by atoms with Crippen LogP contribution in [0, 0.1) is 11.3 Å². The van der Waals surface area contributed by atoms with E-state index < -0.39 is 0 Å². The highest BCUT2D eigenvalue weighted by Crippen LogP contribution is 2.32. The Bertz CT molecular complexity index is 237. The van der Waals surface area contributed by atoms with E-state index in [0.717, 1.165) is 12.0 Å². The van der Waals surface area contributed by atoms with Crippen LogP contribution < -0.4 is 5.32 Å². The van der Waals surface area contributed by atoms with Gasteiger partial charge in [0.25, 0.3) is 0 Å². The number of rotatable bonds is 4. The largest absolute Gasteiger partial charge is 0.316 e. The number of hydrogen-bond acceptors (Lipinski definition) is 2. The van der Waals surface area contributed by atoms with Gasteiger partial charge in [0, 0.05) is 19.1 Å². The van der Waals surface area contributed by atoms with Crippen LogP contribution in [0.15, 0.2) is 0 Å². The van der Waals surface area contributed by atoms with E-state index in [9.17, 15) is 0 Å². The predicted octanol–water partition coefficient (Wildman–Crippen LogP) is 3.28. The van der Waals surface area contributed by atoms with Gasteiger partial charge in [0.2, 0.25) is 0 Å². The molecule has 1 saturated heterocycles. The van der Waals surface area contributed by atoms with E-state index in [-0.39, 0.29) is 0 Å². The maximum Gasteiger partial charge on any atom is 0.00926 e. The van der Waals surface area contributed by atoms with Crippen LogP contribution >= 0.6 is 0 Å². The molecule has 2 rings (SSSR count). The van der Waals surface area contributed by atoms with Gasteiger partial charge in [-0.2, -0.15) is 0 Å². The highest BCUT2D eigenvalue weighted by molar-refractivity contribution is 4.87. The molecule has 1 unspecified atom stereocenters. The molecule has 2 nitrogen and oxygen atoms in total. The molecule has 1 aliphatic heterocycles. The minimum Gasteiger partial charge on any atom is -0.316 e. The summed E-state index contributed by atoms with van der Waals surface area (Å²) in [5.74, 6) is 1.02. The van der Waals surface area contributed by atoms with Crippen molar-refractivity contribution in [2.75, 3.05) is 26.7 Å². The third kappa shape index (κ3) is 3.71. The second kappa shape index (κ2) is 6.38. The molecule has 1 N–H and O–H groups in total. The molecule has 0 bridgehead atoms. The Morgan fingerprint density at radius 2 is 1.94 bits per heavy atom. The molecule has 0 aromatic heterocycles. The summed E-state index contributed by atoms with van der Waals surface area (Å²) < 4.78 is 0. The van der Waals surface area contributed by atoms with Gasteiger partial charge in [-0.3, -0.25) is 0 Å². The van der Waals surface area contributed by atoms with Crippen LogP contribution in [0.2, 0.25) is 0 Å². The first kappa shape index (κ1) is 14.3. The summed E-state index contributed by atoms with van der Waals surface area (Å²) in [5, 5.41) is 3.57. The van der Waals surface area contributed by atoms with Gasteiger partial charge in [0.15, 0.2) is 0 Å². The van der Waals surface area contributed by atoms with Crippen molar-refractivity contribution in [2.24, 2.45) is 11.3 Å². The third-order valence-corrected chi connectivity index (χ3v) is 5.33. The van der Waals surface area contributed by atoms with Crippen LogP contribution in [0.25, 0.3) is 0 Å². The Labute approximate surface area is 114 Å². The van der Waals surface area contributed by atoms with E-state index in [0.29, 0.717) is 5.41 Å². The zero-order valence-electron chi connectivity index (χ0n) is 12.7. The molecule has 0 spiro atoms. The molecule has 1 atom stereocenters. The Balaban J connectivity index is 1.79.